The van der Waals surface area contributed by atoms with Gasteiger partial charge in [-0.25, -0.2) is 0 Å². The van der Waals surface area contributed by atoms with E-state index >= 15 is 0 Å². The summed E-state index contributed by atoms with van der Waals surface area (Å²) < 4.78 is 0. The molecule has 1 aromatic carbocycles. The molecule has 18 heavy (non-hydrogen) atoms. The third-order valence-electron chi connectivity index (χ3n) is 3.24. The molecular weight excluding hydrogens is 246 g/mol. The predicted octanol–water partition coefficient (Wildman–Crippen LogP) is 3.07. The van der Waals surface area contributed by atoms with E-state index in [9.17, 15) is 4.79 Å². The van der Waals surface area contributed by atoms with Crippen LogP contribution in [0.5, 0.6) is 0 Å². The molecule has 0 aliphatic carbocycles. The van der Waals surface area contributed by atoms with Gasteiger partial charge in [0.05, 0.1) is 0 Å². The van der Waals surface area contributed by atoms with Gasteiger partial charge in [0.25, 0.3) is 0 Å². The Balaban J connectivity index is 1.96. The average Bonchev–Trinajstić information content (AvgIpc) is 2.37. The van der Waals surface area contributed by atoms with Gasteiger partial charge in [-0.3, -0.25) is 4.79 Å². The zero-order chi connectivity index (χ0) is 13.0. The van der Waals surface area contributed by atoms with Crippen LogP contribution in [0.4, 0.5) is 0 Å². The second-order valence-electron chi connectivity index (χ2n) is 4.73. The van der Waals surface area contributed by atoms with Crippen molar-refractivity contribution >= 4 is 17.7 Å². The number of carboxylic acids is 1. The number of hydrogen-bond acceptors (Lipinski definition) is 3. The maximum atomic E-state index is 10.6. The predicted molar refractivity (Wildman–Crippen MR) is 74.0 cm³/mol. The van der Waals surface area contributed by atoms with E-state index in [-0.39, 0.29) is 12.5 Å². The molecule has 2 atom stereocenters. The Kier molecular flexibility index (Phi) is 4.66. The minimum absolute atomic E-state index is 0.233. The fourth-order valence-electron chi connectivity index (χ4n) is 2.28. The monoisotopic (exact) mass is 265 g/mol. The number of nitrogens with one attached hydrogen (secondary N) is 1. The van der Waals surface area contributed by atoms with Crippen LogP contribution in [0, 0.1) is 0 Å². The number of thioether (sulfide) groups is 1. The van der Waals surface area contributed by atoms with E-state index in [0.717, 1.165) is 12.2 Å². The summed E-state index contributed by atoms with van der Waals surface area (Å²) in [7, 11) is 0. The van der Waals surface area contributed by atoms with Crippen LogP contribution in [0.1, 0.15) is 37.8 Å². The van der Waals surface area contributed by atoms with Crippen LogP contribution in [0.2, 0.25) is 0 Å². The second kappa shape index (κ2) is 6.25. The van der Waals surface area contributed by atoms with Gasteiger partial charge in [0.15, 0.2) is 0 Å². The highest BCUT2D eigenvalue weighted by molar-refractivity contribution is 7.99. The Bertz CT molecular complexity index is 422. The van der Waals surface area contributed by atoms with Crippen molar-refractivity contribution in [2.75, 3.05) is 5.75 Å². The number of carbonyl (C=O) groups is 1. The van der Waals surface area contributed by atoms with Crippen LogP contribution < -0.4 is 5.32 Å². The minimum atomic E-state index is -0.719. The Morgan fingerprint density at radius 2 is 2.33 bits per heavy atom. The first-order valence-electron chi connectivity index (χ1n) is 6.36. The number of benzene rings is 1. The lowest BCUT2D eigenvalue weighted by molar-refractivity contribution is -0.137. The van der Waals surface area contributed by atoms with Crippen molar-refractivity contribution in [3.63, 3.8) is 0 Å². The first-order chi connectivity index (χ1) is 8.66. The summed E-state index contributed by atoms with van der Waals surface area (Å²) in [6.45, 7) is 2.06. The highest BCUT2D eigenvalue weighted by atomic mass is 32.2. The van der Waals surface area contributed by atoms with Crippen molar-refractivity contribution in [1.82, 2.24) is 5.32 Å². The summed E-state index contributed by atoms with van der Waals surface area (Å²) in [6, 6.07) is 9.08. The molecule has 0 aromatic heterocycles. The SMILES string of the molecule is CC(CCC(=O)O)NC1CCSc2ccccc21. The third kappa shape index (κ3) is 3.50. The van der Waals surface area contributed by atoms with Crippen LogP contribution in [0.25, 0.3) is 0 Å². The van der Waals surface area contributed by atoms with Gasteiger partial charge in [0.2, 0.25) is 0 Å². The van der Waals surface area contributed by atoms with Crippen LogP contribution in [0.3, 0.4) is 0 Å². The average molecular weight is 265 g/mol. The van der Waals surface area contributed by atoms with Crippen molar-refractivity contribution in [1.29, 1.82) is 0 Å². The first-order valence-corrected chi connectivity index (χ1v) is 7.35. The van der Waals surface area contributed by atoms with Gasteiger partial charge in [0, 0.05) is 23.4 Å². The molecule has 0 amide bonds. The number of fused-ring (bicyclic) bond motifs is 1. The summed E-state index contributed by atoms with van der Waals surface area (Å²) in [5, 5.41) is 12.2. The molecular formula is C14H19NO2S. The maximum Gasteiger partial charge on any atom is 0.303 e. The molecule has 3 nitrogen and oxygen atoms in total. The molecule has 1 aliphatic heterocycles. The summed E-state index contributed by atoms with van der Waals surface area (Å²) in [5.41, 5.74) is 1.36. The zero-order valence-corrected chi connectivity index (χ0v) is 11.4. The molecule has 0 saturated carbocycles. The lowest BCUT2D eigenvalue weighted by atomic mass is 10.0. The molecule has 0 bridgehead atoms. The van der Waals surface area contributed by atoms with Crippen LogP contribution in [-0.4, -0.2) is 22.9 Å². The van der Waals surface area contributed by atoms with Crippen LogP contribution in [-0.2, 0) is 4.79 Å². The number of hydrogen-bond donors (Lipinski definition) is 2. The van der Waals surface area contributed by atoms with Gasteiger partial charge >= 0.3 is 5.97 Å². The molecule has 4 heteroatoms. The fraction of sp³-hybridized carbons (Fsp3) is 0.500. The van der Waals surface area contributed by atoms with E-state index in [1.807, 2.05) is 11.8 Å². The van der Waals surface area contributed by atoms with Gasteiger partial charge in [-0.05, 0) is 37.1 Å². The van der Waals surface area contributed by atoms with E-state index < -0.39 is 5.97 Å². The molecule has 0 saturated heterocycles. The summed E-state index contributed by atoms with van der Waals surface area (Å²) in [4.78, 5) is 11.9. The lowest BCUT2D eigenvalue weighted by Gasteiger charge is -2.28. The minimum Gasteiger partial charge on any atom is -0.481 e. The van der Waals surface area contributed by atoms with Crippen molar-refractivity contribution in [2.45, 2.75) is 43.2 Å². The summed E-state index contributed by atoms with van der Waals surface area (Å²) in [5.74, 6) is 0.406. The number of aliphatic carboxylic acids is 1. The van der Waals surface area contributed by atoms with E-state index in [4.69, 9.17) is 5.11 Å². The largest absolute Gasteiger partial charge is 0.481 e. The number of rotatable bonds is 5. The van der Waals surface area contributed by atoms with Gasteiger partial charge < -0.3 is 10.4 Å². The Hall–Kier alpha value is -1.00. The van der Waals surface area contributed by atoms with Crippen molar-refractivity contribution < 1.29 is 9.90 Å². The van der Waals surface area contributed by atoms with Crippen molar-refractivity contribution in [3.05, 3.63) is 29.8 Å². The fourth-order valence-corrected chi connectivity index (χ4v) is 3.41. The van der Waals surface area contributed by atoms with Gasteiger partial charge in [0.1, 0.15) is 0 Å². The maximum absolute atomic E-state index is 10.6. The Morgan fingerprint density at radius 1 is 1.56 bits per heavy atom. The summed E-state index contributed by atoms with van der Waals surface area (Å²) >= 11 is 1.90. The molecule has 0 fully saturated rings. The molecule has 0 radical (unpaired) electrons. The highest BCUT2D eigenvalue weighted by Crippen LogP contribution is 2.36. The highest BCUT2D eigenvalue weighted by Gasteiger charge is 2.21. The van der Waals surface area contributed by atoms with Crippen molar-refractivity contribution in [3.8, 4) is 0 Å². The number of carboxylic acid groups (broad SMARTS) is 1. The van der Waals surface area contributed by atoms with E-state index in [0.29, 0.717) is 12.5 Å². The Labute approximate surface area is 112 Å². The second-order valence-corrected chi connectivity index (χ2v) is 5.86. The molecule has 1 aliphatic rings. The normalized spacial score (nSPS) is 20.2. The molecule has 98 valence electrons. The third-order valence-corrected chi connectivity index (χ3v) is 4.36. The van der Waals surface area contributed by atoms with E-state index in [1.54, 1.807) is 0 Å². The molecule has 0 spiro atoms. The first kappa shape index (κ1) is 13.4. The summed E-state index contributed by atoms with van der Waals surface area (Å²) in [6.07, 6.45) is 2.03. The topological polar surface area (TPSA) is 49.3 Å². The smallest absolute Gasteiger partial charge is 0.303 e. The van der Waals surface area contributed by atoms with Crippen LogP contribution in [0.15, 0.2) is 29.2 Å². The van der Waals surface area contributed by atoms with E-state index in [1.165, 1.54) is 10.5 Å². The molecule has 2 N–H and O–H groups in total. The molecule has 1 heterocycles. The lowest BCUT2D eigenvalue weighted by Crippen LogP contribution is -2.32. The Morgan fingerprint density at radius 3 is 3.11 bits per heavy atom. The molecule has 2 unspecified atom stereocenters. The van der Waals surface area contributed by atoms with Crippen molar-refractivity contribution in [2.24, 2.45) is 0 Å². The quantitative estimate of drug-likeness (QED) is 0.859. The van der Waals surface area contributed by atoms with Gasteiger partial charge in [-0.1, -0.05) is 18.2 Å². The zero-order valence-electron chi connectivity index (χ0n) is 10.6. The van der Waals surface area contributed by atoms with Gasteiger partial charge in [-0.2, -0.15) is 0 Å². The molecule has 1 aromatic rings. The van der Waals surface area contributed by atoms with E-state index in [2.05, 4.69) is 36.5 Å². The standard InChI is InChI=1S/C14H19NO2S/c1-10(6-7-14(16)17)15-12-8-9-18-13-5-3-2-4-11(12)13/h2-5,10,12,15H,6-9H2,1H3,(H,16,17). The molecule has 2 rings (SSSR count). The van der Waals surface area contributed by atoms with Gasteiger partial charge in [-0.15, -0.1) is 11.8 Å². The van der Waals surface area contributed by atoms with Crippen LogP contribution >= 0.6 is 11.8 Å².